The van der Waals surface area contributed by atoms with Gasteiger partial charge in [-0.25, -0.2) is 18.9 Å². The van der Waals surface area contributed by atoms with Crippen molar-refractivity contribution in [3.05, 3.63) is 47.8 Å². The molecule has 5 heterocycles. The lowest BCUT2D eigenvalue weighted by Gasteiger charge is -2.29. The molecule has 8 nitrogen and oxygen atoms in total. The van der Waals surface area contributed by atoms with Gasteiger partial charge in [-0.1, -0.05) is 0 Å². The highest BCUT2D eigenvalue weighted by Crippen LogP contribution is 2.44. The molecule has 4 aromatic rings. The SMILES string of the molecule is Cc1cn2nc(-c3cc(F)c4nc(NC(=O)C5CCNC6(CC6)C5)cn4c3)cc(C)c2n1. The van der Waals surface area contributed by atoms with E-state index in [0.717, 1.165) is 49.1 Å². The van der Waals surface area contributed by atoms with Gasteiger partial charge in [0.2, 0.25) is 5.91 Å². The molecule has 1 aliphatic heterocycles. The van der Waals surface area contributed by atoms with Gasteiger partial charge in [-0.3, -0.25) is 4.79 Å². The second-order valence-electron chi connectivity index (χ2n) is 9.18. The van der Waals surface area contributed by atoms with E-state index in [1.807, 2.05) is 26.1 Å². The maximum Gasteiger partial charge on any atom is 0.228 e. The zero-order chi connectivity index (χ0) is 22.0. The maximum atomic E-state index is 14.9. The maximum absolute atomic E-state index is 14.9. The third-order valence-electron chi connectivity index (χ3n) is 6.64. The molecule has 1 atom stereocenters. The molecular formula is C23H24FN7O. The third-order valence-corrected chi connectivity index (χ3v) is 6.64. The van der Waals surface area contributed by atoms with E-state index in [4.69, 9.17) is 0 Å². The van der Waals surface area contributed by atoms with E-state index in [0.29, 0.717) is 17.1 Å². The molecule has 164 valence electrons. The molecule has 4 aromatic heterocycles. The highest BCUT2D eigenvalue weighted by molar-refractivity contribution is 5.92. The fourth-order valence-electron chi connectivity index (χ4n) is 4.78. The molecule has 0 radical (unpaired) electrons. The number of aryl methyl sites for hydroxylation is 2. The molecule has 32 heavy (non-hydrogen) atoms. The number of nitrogens with zero attached hydrogens (tertiary/aromatic N) is 5. The summed E-state index contributed by atoms with van der Waals surface area (Å²) in [7, 11) is 0. The third kappa shape index (κ3) is 3.24. The Morgan fingerprint density at radius 3 is 2.84 bits per heavy atom. The monoisotopic (exact) mass is 433 g/mol. The summed E-state index contributed by atoms with van der Waals surface area (Å²) in [5.74, 6) is -0.191. The molecule has 9 heteroatoms. The van der Waals surface area contributed by atoms with Gasteiger partial charge < -0.3 is 15.0 Å². The van der Waals surface area contributed by atoms with Crippen LogP contribution in [0.4, 0.5) is 10.2 Å². The number of fused-ring (bicyclic) bond motifs is 2. The number of halogens is 1. The van der Waals surface area contributed by atoms with Crippen LogP contribution in [-0.4, -0.2) is 42.0 Å². The Balaban J connectivity index is 1.30. The zero-order valence-electron chi connectivity index (χ0n) is 18.0. The molecule has 2 N–H and O–H groups in total. The van der Waals surface area contributed by atoms with Crippen LogP contribution in [0.1, 0.15) is 36.9 Å². The summed E-state index contributed by atoms with van der Waals surface area (Å²) in [6, 6.07) is 3.32. The number of imidazole rings is 2. The lowest BCUT2D eigenvalue weighted by Crippen LogP contribution is -2.43. The topological polar surface area (TPSA) is 88.6 Å². The highest BCUT2D eigenvalue weighted by atomic mass is 19.1. The number of rotatable bonds is 3. The number of nitrogens with one attached hydrogen (secondary N) is 2. The first kappa shape index (κ1) is 19.4. The fourth-order valence-corrected chi connectivity index (χ4v) is 4.78. The van der Waals surface area contributed by atoms with Crippen molar-refractivity contribution in [1.29, 1.82) is 0 Å². The Hall–Kier alpha value is -3.33. The van der Waals surface area contributed by atoms with Gasteiger partial charge in [0, 0.05) is 23.2 Å². The van der Waals surface area contributed by atoms with Crippen LogP contribution in [0.5, 0.6) is 0 Å². The first-order valence-electron chi connectivity index (χ1n) is 11.0. The minimum absolute atomic E-state index is 0.0403. The largest absolute Gasteiger partial charge is 0.311 e. The fraction of sp³-hybridized carbons (Fsp3) is 0.391. The van der Waals surface area contributed by atoms with Gasteiger partial charge in [0.05, 0.1) is 23.8 Å². The minimum atomic E-state index is -0.469. The van der Waals surface area contributed by atoms with Crippen molar-refractivity contribution in [2.45, 2.75) is 45.1 Å². The van der Waals surface area contributed by atoms with Crippen molar-refractivity contribution in [2.75, 3.05) is 11.9 Å². The summed E-state index contributed by atoms with van der Waals surface area (Å²) in [4.78, 5) is 21.6. The molecule has 0 aromatic carbocycles. The standard InChI is InChI=1S/C23H24FN7O/c1-13-7-18(29-31-10-14(2)26-20(13)31)16-8-17(24)21-27-19(12-30(21)11-16)28-22(32)15-3-6-25-23(9-15)4-5-23/h7-8,10-12,15,25H,3-6,9H2,1-2H3,(H,28,32). The lowest BCUT2D eigenvalue weighted by molar-refractivity contribution is -0.121. The van der Waals surface area contributed by atoms with Crippen LogP contribution in [0.15, 0.2) is 30.7 Å². The summed E-state index contributed by atoms with van der Waals surface area (Å²) in [6.07, 6.45) is 9.21. The number of pyridine rings is 1. The Morgan fingerprint density at radius 1 is 1.19 bits per heavy atom. The van der Waals surface area contributed by atoms with E-state index < -0.39 is 5.82 Å². The van der Waals surface area contributed by atoms with Crippen molar-refractivity contribution in [2.24, 2.45) is 5.92 Å². The van der Waals surface area contributed by atoms with Gasteiger partial charge in [-0.15, -0.1) is 0 Å². The van der Waals surface area contributed by atoms with Crippen LogP contribution in [-0.2, 0) is 4.79 Å². The second-order valence-corrected chi connectivity index (χ2v) is 9.18. The number of aromatic nitrogens is 5. The summed E-state index contributed by atoms with van der Waals surface area (Å²) >= 11 is 0. The van der Waals surface area contributed by atoms with Crippen LogP contribution >= 0.6 is 0 Å². The van der Waals surface area contributed by atoms with Crippen molar-refractivity contribution < 1.29 is 9.18 Å². The predicted molar refractivity (Wildman–Crippen MR) is 118 cm³/mol. The van der Waals surface area contributed by atoms with Crippen LogP contribution < -0.4 is 10.6 Å². The van der Waals surface area contributed by atoms with Crippen molar-refractivity contribution in [1.82, 2.24) is 29.3 Å². The number of carbonyl (C=O) groups excluding carboxylic acids is 1. The molecule has 1 unspecified atom stereocenters. The van der Waals surface area contributed by atoms with Crippen LogP contribution in [0, 0.1) is 25.6 Å². The number of hydrogen-bond acceptors (Lipinski definition) is 5. The van der Waals surface area contributed by atoms with Gasteiger partial charge in [0.25, 0.3) is 0 Å². The molecule has 0 bridgehead atoms. The summed E-state index contributed by atoms with van der Waals surface area (Å²) in [5, 5.41) is 11.0. The first-order chi connectivity index (χ1) is 15.4. The van der Waals surface area contributed by atoms with Crippen molar-refractivity contribution in [3.8, 4) is 11.3 Å². The molecule has 1 aliphatic carbocycles. The molecule has 2 aliphatic rings. The Kier molecular flexibility index (Phi) is 4.13. The van der Waals surface area contributed by atoms with Gasteiger partial charge in [0.15, 0.2) is 22.9 Å². The Morgan fingerprint density at radius 2 is 2.03 bits per heavy atom. The molecule has 2 fully saturated rings. The molecule has 1 amide bonds. The van der Waals surface area contributed by atoms with E-state index >= 15 is 0 Å². The summed E-state index contributed by atoms with van der Waals surface area (Å²) in [6.45, 7) is 4.73. The number of anilines is 1. The molecule has 1 saturated carbocycles. The van der Waals surface area contributed by atoms with Gasteiger partial charge in [-0.05, 0) is 63.8 Å². The summed E-state index contributed by atoms with van der Waals surface area (Å²) in [5.41, 5.74) is 4.21. The highest BCUT2D eigenvalue weighted by Gasteiger charge is 2.47. The molecular weight excluding hydrogens is 409 g/mol. The van der Waals surface area contributed by atoms with E-state index in [1.165, 1.54) is 6.07 Å². The van der Waals surface area contributed by atoms with Gasteiger partial charge in [0.1, 0.15) is 0 Å². The van der Waals surface area contributed by atoms with Gasteiger partial charge in [-0.2, -0.15) is 5.10 Å². The van der Waals surface area contributed by atoms with E-state index in [-0.39, 0.29) is 23.0 Å². The van der Waals surface area contributed by atoms with Crippen LogP contribution in [0.3, 0.4) is 0 Å². The van der Waals surface area contributed by atoms with Crippen LogP contribution in [0.2, 0.25) is 0 Å². The lowest BCUT2D eigenvalue weighted by atomic mass is 9.90. The molecule has 1 saturated heterocycles. The average Bonchev–Trinajstić information content (AvgIpc) is 3.18. The van der Waals surface area contributed by atoms with Gasteiger partial charge >= 0.3 is 0 Å². The van der Waals surface area contributed by atoms with E-state index in [9.17, 15) is 9.18 Å². The first-order valence-corrected chi connectivity index (χ1v) is 11.0. The van der Waals surface area contributed by atoms with Crippen molar-refractivity contribution >= 4 is 23.0 Å². The smallest absolute Gasteiger partial charge is 0.228 e. The predicted octanol–water partition coefficient (Wildman–Crippen LogP) is 3.27. The van der Waals surface area contributed by atoms with Crippen molar-refractivity contribution in [3.63, 3.8) is 0 Å². The Labute approximate surface area is 183 Å². The zero-order valence-corrected chi connectivity index (χ0v) is 18.0. The Bertz CT molecular complexity index is 1380. The molecule has 6 rings (SSSR count). The average molecular weight is 433 g/mol. The molecule has 1 spiro atoms. The van der Waals surface area contributed by atoms with E-state index in [2.05, 4.69) is 25.7 Å². The minimum Gasteiger partial charge on any atom is -0.311 e. The number of hydrogen-bond donors (Lipinski definition) is 2. The normalized spacial score (nSPS) is 19.7. The number of piperidine rings is 1. The summed E-state index contributed by atoms with van der Waals surface area (Å²) < 4.78 is 18.2. The second kappa shape index (κ2) is 6.83. The number of amides is 1. The number of carbonyl (C=O) groups is 1. The quantitative estimate of drug-likeness (QED) is 0.518. The van der Waals surface area contributed by atoms with E-state index in [1.54, 1.807) is 21.3 Å². The van der Waals surface area contributed by atoms with Crippen LogP contribution in [0.25, 0.3) is 22.6 Å².